The van der Waals surface area contributed by atoms with E-state index in [2.05, 4.69) is 17.1 Å². The number of nitrogens with two attached hydrogens (primary N) is 2. The molecule has 16 heteroatoms. The molecular formula is C35H40N6O8S2. The summed E-state index contributed by atoms with van der Waals surface area (Å²) in [6.07, 6.45) is 2.04. The second kappa shape index (κ2) is 15.4. The topological polar surface area (TPSA) is 203 Å². The van der Waals surface area contributed by atoms with Crippen molar-refractivity contribution in [1.29, 1.82) is 0 Å². The first-order chi connectivity index (χ1) is 24.2. The first-order valence-electron chi connectivity index (χ1n) is 16.1. The van der Waals surface area contributed by atoms with Crippen molar-refractivity contribution in [3.05, 3.63) is 84.9 Å². The van der Waals surface area contributed by atoms with Gasteiger partial charge in [-0.1, -0.05) is 31.2 Å². The van der Waals surface area contributed by atoms with Gasteiger partial charge in [0.25, 0.3) is 20.0 Å². The molecule has 1 aliphatic heterocycles. The molecule has 0 bridgehead atoms. The fraction of sp³-hybridized carbons (Fsp3) is 0.286. The predicted molar refractivity (Wildman–Crippen MR) is 194 cm³/mol. The molecule has 0 spiro atoms. The molecular weight excluding hydrogens is 697 g/mol. The van der Waals surface area contributed by atoms with Crippen LogP contribution >= 0.6 is 0 Å². The molecule has 4 aromatic rings. The highest BCUT2D eigenvalue weighted by atomic mass is 32.2. The Bertz CT molecular complexity index is 2140. The number of hydrogen-bond acceptors (Lipinski definition) is 9. The Hall–Kier alpha value is -5.19. The summed E-state index contributed by atoms with van der Waals surface area (Å²) in [6.45, 7) is 2.61. The lowest BCUT2D eigenvalue weighted by atomic mass is 9.99. The molecule has 0 radical (unpaired) electrons. The van der Waals surface area contributed by atoms with E-state index in [4.69, 9.17) is 16.2 Å². The monoisotopic (exact) mass is 736 g/mol. The van der Waals surface area contributed by atoms with Gasteiger partial charge in [-0.15, -0.1) is 0 Å². The van der Waals surface area contributed by atoms with Crippen LogP contribution in [0.4, 0.5) is 17.1 Å². The molecule has 0 atom stereocenters. The van der Waals surface area contributed by atoms with Crippen molar-refractivity contribution in [2.45, 2.75) is 29.6 Å². The van der Waals surface area contributed by atoms with Crippen molar-refractivity contribution < 1.29 is 36.0 Å². The van der Waals surface area contributed by atoms with E-state index in [0.29, 0.717) is 17.4 Å². The van der Waals surface area contributed by atoms with E-state index in [9.17, 15) is 31.2 Å². The number of benzene rings is 4. The lowest BCUT2D eigenvalue weighted by Gasteiger charge is -2.29. The van der Waals surface area contributed by atoms with Gasteiger partial charge in [-0.05, 0) is 92.5 Å². The molecule has 0 unspecified atom stereocenters. The molecule has 51 heavy (non-hydrogen) atoms. The number of ether oxygens (including phenoxy) is 1. The van der Waals surface area contributed by atoms with Crippen molar-refractivity contribution in [3.8, 4) is 5.75 Å². The number of hydrogen-bond donors (Lipinski definition) is 3. The Morgan fingerprint density at radius 2 is 1.20 bits per heavy atom. The molecule has 5 N–H and O–H groups in total. The minimum Gasteiger partial charge on any atom is -0.497 e. The second-order valence-corrected chi connectivity index (χ2v) is 16.0. The van der Waals surface area contributed by atoms with Crippen LogP contribution in [-0.4, -0.2) is 79.3 Å². The number of sulfonamides is 2. The fourth-order valence-corrected chi connectivity index (χ4v) is 8.82. The highest BCUT2D eigenvalue weighted by Crippen LogP contribution is 2.38. The lowest BCUT2D eigenvalue weighted by molar-refractivity contribution is -0.118. The van der Waals surface area contributed by atoms with Crippen LogP contribution in [0, 0.1) is 5.92 Å². The number of primary amides is 2. The van der Waals surface area contributed by atoms with Crippen LogP contribution in [0.25, 0.3) is 10.8 Å². The maximum Gasteiger partial charge on any atom is 0.264 e. The number of piperidine rings is 1. The SMILES string of the molecule is COc1ccc(S(=O)(=O)N(CC(N)=O)c2ccc(N(CC(N)=O)S(=O)(=O)c3ccc(NC(=O)CN4CCC(C)CC4)cc3)c3ccccc23)cc1. The van der Waals surface area contributed by atoms with Gasteiger partial charge < -0.3 is 21.5 Å². The summed E-state index contributed by atoms with van der Waals surface area (Å²) in [4.78, 5) is 38.9. The van der Waals surface area contributed by atoms with Gasteiger partial charge >= 0.3 is 0 Å². The highest BCUT2D eigenvalue weighted by molar-refractivity contribution is 7.93. The standard InChI is InChI=1S/C35H40N6O8S2/c1-24-17-19-39(20-18-24)23-35(44)38-25-7-11-27(12-8-25)50(45,46)40(21-33(36)42)31-15-16-32(30-6-4-3-5-29(30)31)41(22-34(37)43)51(47,48)28-13-9-26(49-2)10-14-28/h3-16,24H,17-23H2,1-2H3,(H2,36,42)(H2,37,43)(H,38,44). The zero-order valence-electron chi connectivity index (χ0n) is 28.2. The Morgan fingerprint density at radius 3 is 1.63 bits per heavy atom. The molecule has 270 valence electrons. The van der Waals surface area contributed by atoms with Crippen LogP contribution < -0.4 is 30.1 Å². The number of fused-ring (bicyclic) bond motifs is 1. The average Bonchev–Trinajstić information content (AvgIpc) is 3.10. The van der Waals surface area contributed by atoms with Crippen molar-refractivity contribution in [2.24, 2.45) is 17.4 Å². The van der Waals surface area contributed by atoms with E-state index in [1.807, 2.05) is 0 Å². The van der Waals surface area contributed by atoms with Gasteiger partial charge in [0.2, 0.25) is 17.7 Å². The lowest BCUT2D eigenvalue weighted by Crippen LogP contribution is -2.39. The average molecular weight is 737 g/mol. The van der Waals surface area contributed by atoms with Crippen molar-refractivity contribution in [3.63, 3.8) is 0 Å². The largest absolute Gasteiger partial charge is 0.497 e. The van der Waals surface area contributed by atoms with E-state index in [1.54, 1.807) is 24.3 Å². The third-order valence-electron chi connectivity index (χ3n) is 8.63. The molecule has 4 aromatic carbocycles. The zero-order chi connectivity index (χ0) is 36.9. The van der Waals surface area contributed by atoms with E-state index in [-0.39, 0.29) is 44.4 Å². The summed E-state index contributed by atoms with van der Waals surface area (Å²) < 4.78 is 62.9. The van der Waals surface area contributed by atoms with Gasteiger partial charge in [-0.3, -0.25) is 27.9 Å². The summed E-state index contributed by atoms with van der Waals surface area (Å²) >= 11 is 0. The Labute approximate surface area is 297 Å². The molecule has 1 heterocycles. The first kappa shape index (κ1) is 37.1. The second-order valence-electron chi connectivity index (χ2n) is 12.3. The van der Waals surface area contributed by atoms with Crippen LogP contribution in [0.5, 0.6) is 5.75 Å². The Balaban J connectivity index is 1.50. The third kappa shape index (κ3) is 8.41. The molecule has 1 saturated heterocycles. The minimum atomic E-state index is -4.45. The van der Waals surface area contributed by atoms with Crippen LogP contribution in [0.3, 0.4) is 0 Å². The maximum atomic E-state index is 14.1. The summed E-state index contributed by atoms with van der Waals surface area (Å²) in [5, 5.41) is 3.30. The summed E-state index contributed by atoms with van der Waals surface area (Å²) in [7, 11) is -7.39. The van der Waals surface area contributed by atoms with Gasteiger partial charge in [0.1, 0.15) is 18.8 Å². The summed E-state index contributed by atoms with van der Waals surface area (Å²) in [5.41, 5.74) is 11.5. The molecule has 1 aliphatic rings. The predicted octanol–water partition coefficient (Wildman–Crippen LogP) is 2.88. The van der Waals surface area contributed by atoms with Gasteiger partial charge in [-0.25, -0.2) is 16.8 Å². The van der Waals surface area contributed by atoms with Crippen molar-refractivity contribution >= 4 is 65.6 Å². The molecule has 1 fully saturated rings. The molecule has 0 aliphatic carbocycles. The zero-order valence-corrected chi connectivity index (χ0v) is 29.8. The van der Waals surface area contributed by atoms with Gasteiger partial charge in [0.05, 0.1) is 34.8 Å². The first-order valence-corrected chi connectivity index (χ1v) is 19.0. The quantitative estimate of drug-likeness (QED) is 0.174. The number of likely N-dealkylation sites (tertiary alicyclic amines) is 1. The number of anilines is 3. The van der Waals surface area contributed by atoms with E-state index in [0.717, 1.165) is 34.5 Å². The van der Waals surface area contributed by atoms with Gasteiger partial charge in [-0.2, -0.15) is 0 Å². The van der Waals surface area contributed by atoms with Crippen LogP contribution in [0.1, 0.15) is 19.8 Å². The Kier molecular flexibility index (Phi) is 11.2. The van der Waals surface area contributed by atoms with Crippen molar-refractivity contribution in [2.75, 3.05) is 53.8 Å². The van der Waals surface area contributed by atoms with Crippen LogP contribution in [0.2, 0.25) is 0 Å². The highest BCUT2D eigenvalue weighted by Gasteiger charge is 2.32. The fourth-order valence-electron chi connectivity index (χ4n) is 5.92. The molecule has 14 nitrogen and oxygen atoms in total. The number of nitrogens with zero attached hydrogens (tertiary/aromatic N) is 3. The number of nitrogens with one attached hydrogen (secondary N) is 1. The molecule has 0 aromatic heterocycles. The normalized spacial score (nSPS) is 14.2. The van der Waals surface area contributed by atoms with Crippen LogP contribution in [0.15, 0.2) is 94.7 Å². The summed E-state index contributed by atoms with van der Waals surface area (Å²) in [5.74, 6) is -1.05. The molecule has 5 rings (SSSR count). The maximum absolute atomic E-state index is 14.1. The summed E-state index contributed by atoms with van der Waals surface area (Å²) in [6, 6.07) is 20.1. The number of amides is 3. The van der Waals surface area contributed by atoms with Gasteiger partial charge in [0, 0.05) is 16.5 Å². The number of carbonyl (C=O) groups is 3. The molecule has 3 amide bonds. The van der Waals surface area contributed by atoms with Crippen LogP contribution in [-0.2, 0) is 34.4 Å². The number of methoxy groups -OCH3 is 1. The van der Waals surface area contributed by atoms with E-state index >= 15 is 0 Å². The third-order valence-corrected chi connectivity index (χ3v) is 12.2. The number of carbonyl (C=O) groups excluding carboxylic acids is 3. The van der Waals surface area contributed by atoms with E-state index < -0.39 is 45.0 Å². The smallest absolute Gasteiger partial charge is 0.264 e. The van der Waals surface area contributed by atoms with Crippen molar-refractivity contribution in [1.82, 2.24) is 4.90 Å². The van der Waals surface area contributed by atoms with Gasteiger partial charge in [0.15, 0.2) is 0 Å². The number of rotatable bonds is 14. The minimum absolute atomic E-state index is 0.0299. The molecule has 0 saturated carbocycles. The van der Waals surface area contributed by atoms with E-state index in [1.165, 1.54) is 67.8 Å². The Morgan fingerprint density at radius 1 is 0.745 bits per heavy atom.